The van der Waals surface area contributed by atoms with Gasteiger partial charge in [0.05, 0.1) is 31.0 Å². The highest BCUT2D eigenvalue weighted by atomic mass is 16.5. The molecule has 9 nitrogen and oxygen atoms in total. The average Bonchev–Trinajstić information content (AvgIpc) is 3.57. The number of imidazole rings is 1. The molecule has 4 aromatic heterocycles. The van der Waals surface area contributed by atoms with Crippen molar-refractivity contribution in [1.82, 2.24) is 29.9 Å². The lowest BCUT2D eigenvalue weighted by Gasteiger charge is -2.32. The predicted molar refractivity (Wildman–Crippen MR) is 143 cm³/mol. The first-order valence-corrected chi connectivity index (χ1v) is 12.4. The van der Waals surface area contributed by atoms with Gasteiger partial charge >= 0.3 is 0 Å². The average molecular weight is 496 g/mol. The molecule has 0 atom stereocenters. The number of aromatic nitrogens is 6. The number of H-pyrrole nitrogens is 2. The summed E-state index contributed by atoms with van der Waals surface area (Å²) in [6, 6.07) is 14.1. The number of anilines is 1. The minimum atomic E-state index is 0.373. The van der Waals surface area contributed by atoms with Crippen LogP contribution in [0.25, 0.3) is 33.5 Å². The lowest BCUT2D eigenvalue weighted by atomic mass is 9.96. The van der Waals surface area contributed by atoms with Crippen molar-refractivity contribution < 1.29 is 9.47 Å². The van der Waals surface area contributed by atoms with Crippen molar-refractivity contribution in [1.29, 1.82) is 0 Å². The molecule has 188 valence electrons. The smallest absolute Gasteiger partial charge is 0.213 e. The second-order valence-corrected chi connectivity index (χ2v) is 9.31. The van der Waals surface area contributed by atoms with E-state index in [2.05, 4.69) is 48.9 Å². The largest absolute Gasteiger partial charge is 0.497 e. The number of methoxy groups -OCH3 is 2. The lowest BCUT2D eigenvalue weighted by molar-refractivity contribution is 0.398. The van der Waals surface area contributed by atoms with Crippen LogP contribution in [0.2, 0.25) is 0 Å². The van der Waals surface area contributed by atoms with E-state index in [-0.39, 0.29) is 0 Å². The van der Waals surface area contributed by atoms with Crippen LogP contribution >= 0.6 is 0 Å². The molecule has 1 saturated heterocycles. The summed E-state index contributed by atoms with van der Waals surface area (Å²) < 4.78 is 10.7. The molecule has 0 spiro atoms. The van der Waals surface area contributed by atoms with Gasteiger partial charge < -0.3 is 24.3 Å². The topological polar surface area (TPSA) is 105 Å². The van der Waals surface area contributed by atoms with Crippen LogP contribution in [0, 0.1) is 6.92 Å². The molecule has 5 aromatic rings. The lowest BCUT2D eigenvalue weighted by Crippen LogP contribution is -2.33. The Morgan fingerprint density at radius 1 is 0.919 bits per heavy atom. The SMILES string of the molecule is COc1cccc(-c2[nH]c(C3CCN(c4ncnc5[nH]c(-c6ccnc(OC)c6)cc45)CC3)nc2C)c1. The van der Waals surface area contributed by atoms with Crippen LogP contribution in [0.4, 0.5) is 5.82 Å². The number of nitrogens with zero attached hydrogens (tertiary/aromatic N) is 5. The first kappa shape index (κ1) is 23.0. The number of nitrogens with one attached hydrogen (secondary N) is 2. The van der Waals surface area contributed by atoms with E-state index < -0.39 is 0 Å². The van der Waals surface area contributed by atoms with Crippen molar-refractivity contribution in [3.8, 4) is 34.1 Å². The summed E-state index contributed by atoms with van der Waals surface area (Å²) in [5.41, 5.74) is 5.93. The van der Waals surface area contributed by atoms with E-state index in [0.29, 0.717) is 11.8 Å². The highest BCUT2D eigenvalue weighted by molar-refractivity contribution is 5.92. The number of aromatic amines is 2. The summed E-state index contributed by atoms with van der Waals surface area (Å²) in [5.74, 6) is 3.80. The molecule has 0 radical (unpaired) electrons. The quantitative estimate of drug-likeness (QED) is 0.337. The van der Waals surface area contributed by atoms with Gasteiger partial charge in [0.1, 0.15) is 29.4 Å². The van der Waals surface area contributed by atoms with Crippen LogP contribution in [0.1, 0.15) is 30.3 Å². The van der Waals surface area contributed by atoms with E-state index in [0.717, 1.165) is 82.6 Å². The number of benzene rings is 1. The van der Waals surface area contributed by atoms with Crippen LogP contribution in [0.5, 0.6) is 11.6 Å². The van der Waals surface area contributed by atoms with Crippen LogP contribution in [0.3, 0.4) is 0 Å². The van der Waals surface area contributed by atoms with Gasteiger partial charge in [0, 0.05) is 48.1 Å². The molecular formula is C28H29N7O2. The Bertz CT molecular complexity index is 1550. The molecule has 5 heterocycles. The van der Waals surface area contributed by atoms with Gasteiger partial charge in [-0.05, 0) is 44.0 Å². The number of piperidine rings is 1. The Kier molecular flexibility index (Phi) is 5.96. The van der Waals surface area contributed by atoms with E-state index >= 15 is 0 Å². The molecule has 0 saturated carbocycles. The second-order valence-electron chi connectivity index (χ2n) is 9.31. The summed E-state index contributed by atoms with van der Waals surface area (Å²) in [7, 11) is 3.31. The summed E-state index contributed by atoms with van der Waals surface area (Å²) in [5, 5.41) is 1.01. The Balaban J connectivity index is 1.21. The minimum Gasteiger partial charge on any atom is -0.497 e. The highest BCUT2D eigenvalue weighted by Gasteiger charge is 2.26. The zero-order valence-corrected chi connectivity index (χ0v) is 21.2. The van der Waals surface area contributed by atoms with Gasteiger partial charge in [0.2, 0.25) is 5.88 Å². The summed E-state index contributed by atoms with van der Waals surface area (Å²) >= 11 is 0. The Hall–Kier alpha value is -4.40. The van der Waals surface area contributed by atoms with Crippen LogP contribution in [-0.4, -0.2) is 57.2 Å². The molecule has 1 aliphatic rings. The van der Waals surface area contributed by atoms with E-state index in [4.69, 9.17) is 14.5 Å². The molecule has 1 aliphatic heterocycles. The number of hydrogen-bond acceptors (Lipinski definition) is 7. The number of rotatable bonds is 6. The van der Waals surface area contributed by atoms with Gasteiger partial charge in [0.25, 0.3) is 0 Å². The molecule has 0 unspecified atom stereocenters. The van der Waals surface area contributed by atoms with E-state index in [1.807, 2.05) is 30.3 Å². The molecule has 0 amide bonds. The van der Waals surface area contributed by atoms with Crippen LogP contribution in [0.15, 0.2) is 55.0 Å². The summed E-state index contributed by atoms with van der Waals surface area (Å²) in [6.07, 6.45) is 5.37. The van der Waals surface area contributed by atoms with Crippen molar-refractivity contribution in [2.75, 3.05) is 32.2 Å². The summed E-state index contributed by atoms with van der Waals surface area (Å²) in [6.45, 7) is 3.85. The molecule has 0 aliphatic carbocycles. The van der Waals surface area contributed by atoms with Crippen LogP contribution < -0.4 is 14.4 Å². The number of ether oxygens (including phenoxy) is 2. The number of pyridine rings is 1. The standard InChI is InChI=1S/C28H29N7O2/c1-17-25(20-5-4-6-21(13-20)36-2)34-26(32-17)18-8-11-35(12-9-18)28-22-15-23(33-27(22)30-16-31-28)19-7-10-29-24(14-19)37-3/h4-7,10,13-16,18H,8-9,11-12H2,1-3H3,(H,32,34)(H,30,31,33). The van der Waals surface area contributed by atoms with Crippen molar-refractivity contribution in [2.24, 2.45) is 0 Å². The zero-order valence-electron chi connectivity index (χ0n) is 21.2. The van der Waals surface area contributed by atoms with Gasteiger partial charge in [-0.1, -0.05) is 12.1 Å². The van der Waals surface area contributed by atoms with E-state index in [1.54, 1.807) is 26.7 Å². The zero-order chi connectivity index (χ0) is 25.4. The molecule has 1 fully saturated rings. The number of hydrogen-bond donors (Lipinski definition) is 2. The molecule has 6 rings (SSSR count). The van der Waals surface area contributed by atoms with Crippen molar-refractivity contribution >= 4 is 16.9 Å². The maximum absolute atomic E-state index is 5.40. The fourth-order valence-corrected chi connectivity index (χ4v) is 5.12. The molecular weight excluding hydrogens is 466 g/mol. The Morgan fingerprint density at radius 3 is 2.59 bits per heavy atom. The van der Waals surface area contributed by atoms with E-state index in [9.17, 15) is 0 Å². The second kappa shape index (κ2) is 9.57. The third-order valence-electron chi connectivity index (χ3n) is 7.10. The maximum Gasteiger partial charge on any atom is 0.213 e. The summed E-state index contributed by atoms with van der Waals surface area (Å²) in [4.78, 5) is 27.6. The first-order chi connectivity index (χ1) is 18.1. The first-order valence-electron chi connectivity index (χ1n) is 12.4. The highest BCUT2D eigenvalue weighted by Crippen LogP contribution is 2.35. The third kappa shape index (κ3) is 4.37. The molecule has 37 heavy (non-hydrogen) atoms. The predicted octanol–water partition coefficient (Wildman–Crippen LogP) is 5.12. The fourth-order valence-electron chi connectivity index (χ4n) is 5.12. The van der Waals surface area contributed by atoms with Gasteiger partial charge in [-0.25, -0.2) is 19.9 Å². The molecule has 2 N–H and O–H groups in total. The molecule has 9 heteroatoms. The maximum atomic E-state index is 5.40. The normalized spacial score (nSPS) is 14.3. The van der Waals surface area contributed by atoms with Gasteiger partial charge in [-0.2, -0.15) is 0 Å². The Labute approximate surface area is 214 Å². The van der Waals surface area contributed by atoms with E-state index in [1.165, 1.54) is 0 Å². The van der Waals surface area contributed by atoms with Gasteiger partial charge in [-0.15, -0.1) is 0 Å². The minimum absolute atomic E-state index is 0.373. The number of aryl methyl sites for hydroxylation is 1. The monoisotopic (exact) mass is 495 g/mol. The Morgan fingerprint density at radius 2 is 1.78 bits per heavy atom. The van der Waals surface area contributed by atoms with Crippen molar-refractivity contribution in [3.05, 3.63) is 66.5 Å². The van der Waals surface area contributed by atoms with Gasteiger partial charge in [-0.3, -0.25) is 0 Å². The van der Waals surface area contributed by atoms with Crippen LogP contribution in [-0.2, 0) is 0 Å². The number of fused-ring (bicyclic) bond motifs is 1. The van der Waals surface area contributed by atoms with Crippen molar-refractivity contribution in [2.45, 2.75) is 25.7 Å². The molecule has 0 bridgehead atoms. The fraction of sp³-hybridized carbons (Fsp3) is 0.286. The third-order valence-corrected chi connectivity index (χ3v) is 7.10. The van der Waals surface area contributed by atoms with Crippen molar-refractivity contribution in [3.63, 3.8) is 0 Å². The van der Waals surface area contributed by atoms with Gasteiger partial charge in [0.15, 0.2) is 0 Å². The molecule has 1 aromatic carbocycles.